The molecule has 4 heteroatoms. The third kappa shape index (κ3) is 3.71. The van der Waals surface area contributed by atoms with Gasteiger partial charge in [0.25, 0.3) is 0 Å². The fourth-order valence-electron chi connectivity index (χ4n) is 6.68. The van der Waals surface area contributed by atoms with Crippen LogP contribution in [0.4, 0.5) is 0 Å². The van der Waals surface area contributed by atoms with Crippen LogP contribution in [0.1, 0.15) is 12.7 Å². The van der Waals surface area contributed by atoms with Crippen molar-refractivity contribution in [1.82, 2.24) is 14.5 Å². The lowest BCUT2D eigenvalue weighted by molar-refractivity contribution is 0.673. The number of aryl methyl sites for hydroxylation is 1. The standard InChI is InChI=1S/C40H27N3O/c1-2-37-41-34-15-6-7-16-35(34)43(37)28-11-9-10-27(24-28)25-18-20-26(21-19-25)39-32-23-22-30-29-12-4-8-17-36(29)44-40(30)38(32)31-13-3-5-14-33(31)42-39/h3-24H,2H2,1H3. The Bertz CT molecular complexity index is 2540. The van der Waals surface area contributed by atoms with Gasteiger partial charge < -0.3 is 4.42 Å². The smallest absolute Gasteiger partial charge is 0.144 e. The predicted molar refractivity (Wildman–Crippen MR) is 181 cm³/mol. The summed E-state index contributed by atoms with van der Waals surface area (Å²) in [6, 6.07) is 46.8. The number of hydrogen-bond donors (Lipinski definition) is 0. The first-order valence-corrected chi connectivity index (χ1v) is 15.1. The number of aromatic nitrogens is 3. The van der Waals surface area contributed by atoms with Crippen LogP contribution in [0.5, 0.6) is 0 Å². The van der Waals surface area contributed by atoms with Crippen molar-refractivity contribution in [2.75, 3.05) is 0 Å². The third-order valence-electron chi connectivity index (χ3n) is 8.75. The third-order valence-corrected chi connectivity index (χ3v) is 8.75. The summed E-state index contributed by atoms with van der Waals surface area (Å²) in [5, 5.41) is 5.55. The van der Waals surface area contributed by atoms with Crippen LogP contribution in [0.15, 0.2) is 138 Å². The quantitative estimate of drug-likeness (QED) is 0.199. The largest absolute Gasteiger partial charge is 0.455 e. The Kier molecular flexibility index (Phi) is 5.44. The summed E-state index contributed by atoms with van der Waals surface area (Å²) < 4.78 is 8.77. The fraction of sp³-hybridized carbons (Fsp3) is 0.0500. The van der Waals surface area contributed by atoms with Crippen molar-refractivity contribution in [3.05, 3.63) is 139 Å². The summed E-state index contributed by atoms with van der Waals surface area (Å²) in [7, 11) is 0. The average Bonchev–Trinajstić information content (AvgIpc) is 3.66. The van der Waals surface area contributed by atoms with Crippen LogP contribution in [-0.4, -0.2) is 14.5 Å². The topological polar surface area (TPSA) is 43.9 Å². The van der Waals surface area contributed by atoms with E-state index in [-0.39, 0.29) is 0 Å². The molecule has 0 amide bonds. The number of furan rings is 1. The molecule has 208 valence electrons. The summed E-state index contributed by atoms with van der Waals surface area (Å²) in [6.45, 7) is 2.16. The zero-order valence-electron chi connectivity index (χ0n) is 24.2. The summed E-state index contributed by atoms with van der Waals surface area (Å²) in [5.74, 6) is 1.06. The van der Waals surface area contributed by atoms with E-state index in [2.05, 4.69) is 121 Å². The van der Waals surface area contributed by atoms with Crippen molar-refractivity contribution >= 4 is 54.6 Å². The van der Waals surface area contributed by atoms with Crippen molar-refractivity contribution in [3.8, 4) is 28.1 Å². The molecule has 3 aromatic heterocycles. The second-order valence-electron chi connectivity index (χ2n) is 11.3. The zero-order chi connectivity index (χ0) is 29.2. The molecule has 0 aliphatic carbocycles. The molecule has 4 nitrogen and oxygen atoms in total. The van der Waals surface area contributed by atoms with Gasteiger partial charge in [0.05, 0.1) is 22.2 Å². The maximum absolute atomic E-state index is 6.49. The van der Waals surface area contributed by atoms with E-state index < -0.39 is 0 Å². The molecule has 0 aliphatic rings. The van der Waals surface area contributed by atoms with Crippen LogP contribution in [0.3, 0.4) is 0 Å². The molecular formula is C40H27N3O. The van der Waals surface area contributed by atoms with Gasteiger partial charge in [-0.3, -0.25) is 4.57 Å². The molecular weight excluding hydrogens is 538 g/mol. The zero-order valence-corrected chi connectivity index (χ0v) is 24.2. The monoisotopic (exact) mass is 565 g/mol. The van der Waals surface area contributed by atoms with E-state index >= 15 is 0 Å². The van der Waals surface area contributed by atoms with Gasteiger partial charge in [0.15, 0.2) is 0 Å². The Morgan fingerprint density at radius 3 is 2.16 bits per heavy atom. The lowest BCUT2D eigenvalue weighted by Gasteiger charge is -2.12. The first kappa shape index (κ1) is 24.8. The van der Waals surface area contributed by atoms with Gasteiger partial charge in [-0.15, -0.1) is 0 Å². The second-order valence-corrected chi connectivity index (χ2v) is 11.3. The molecule has 0 atom stereocenters. The number of imidazole rings is 1. The summed E-state index contributed by atoms with van der Waals surface area (Å²) in [4.78, 5) is 10.1. The highest BCUT2D eigenvalue weighted by Gasteiger charge is 2.17. The molecule has 0 saturated heterocycles. The van der Waals surface area contributed by atoms with Crippen LogP contribution in [0.25, 0.3) is 82.7 Å². The van der Waals surface area contributed by atoms with Crippen molar-refractivity contribution in [2.24, 2.45) is 0 Å². The van der Waals surface area contributed by atoms with Gasteiger partial charge in [-0.2, -0.15) is 0 Å². The molecule has 44 heavy (non-hydrogen) atoms. The van der Waals surface area contributed by atoms with E-state index in [0.29, 0.717) is 0 Å². The average molecular weight is 566 g/mol. The molecule has 0 radical (unpaired) electrons. The number of pyridine rings is 1. The summed E-state index contributed by atoms with van der Waals surface area (Å²) >= 11 is 0. The Morgan fingerprint density at radius 1 is 0.568 bits per heavy atom. The van der Waals surface area contributed by atoms with Crippen LogP contribution in [0.2, 0.25) is 0 Å². The van der Waals surface area contributed by atoms with Crippen molar-refractivity contribution in [1.29, 1.82) is 0 Å². The Morgan fingerprint density at radius 2 is 1.30 bits per heavy atom. The number of benzene rings is 6. The molecule has 6 aromatic carbocycles. The SMILES string of the molecule is CCc1nc2ccccc2n1-c1cccc(-c2ccc(-c3nc4ccccc4c4c3ccc3c5ccccc5oc34)cc2)c1. The summed E-state index contributed by atoms with van der Waals surface area (Å²) in [5.41, 5.74) is 10.4. The van der Waals surface area contributed by atoms with Crippen molar-refractivity contribution in [2.45, 2.75) is 13.3 Å². The number of rotatable bonds is 4. The molecule has 0 spiro atoms. The van der Waals surface area contributed by atoms with E-state index in [1.165, 1.54) is 0 Å². The molecule has 3 heterocycles. The molecule has 0 saturated carbocycles. The number of fused-ring (bicyclic) bond motifs is 8. The first-order valence-electron chi connectivity index (χ1n) is 15.1. The molecule has 0 N–H and O–H groups in total. The lowest BCUT2D eigenvalue weighted by Crippen LogP contribution is -2.00. The fourth-order valence-corrected chi connectivity index (χ4v) is 6.68. The summed E-state index contributed by atoms with van der Waals surface area (Å²) in [6.07, 6.45) is 0.862. The van der Waals surface area contributed by atoms with Gasteiger partial charge in [0.2, 0.25) is 0 Å². The van der Waals surface area contributed by atoms with Gasteiger partial charge in [-0.1, -0.05) is 97.9 Å². The Labute approximate surface area is 253 Å². The van der Waals surface area contributed by atoms with Gasteiger partial charge in [0, 0.05) is 44.6 Å². The van der Waals surface area contributed by atoms with Crippen LogP contribution >= 0.6 is 0 Å². The van der Waals surface area contributed by atoms with E-state index in [1.54, 1.807) is 0 Å². The Hall–Kier alpha value is -5.74. The van der Waals surface area contributed by atoms with Gasteiger partial charge in [-0.05, 0) is 53.6 Å². The predicted octanol–water partition coefficient (Wildman–Crippen LogP) is 10.5. The molecule has 0 bridgehead atoms. The highest BCUT2D eigenvalue weighted by Crippen LogP contribution is 2.40. The van der Waals surface area contributed by atoms with Crippen LogP contribution < -0.4 is 0 Å². The molecule has 0 unspecified atom stereocenters. The van der Waals surface area contributed by atoms with Crippen LogP contribution in [-0.2, 0) is 6.42 Å². The normalized spacial score (nSPS) is 11.8. The molecule has 9 rings (SSSR count). The van der Waals surface area contributed by atoms with E-state index in [9.17, 15) is 0 Å². The number of nitrogens with zero attached hydrogens (tertiary/aromatic N) is 3. The number of hydrogen-bond acceptors (Lipinski definition) is 3. The van der Waals surface area contributed by atoms with E-state index in [4.69, 9.17) is 14.4 Å². The second kappa shape index (κ2) is 9.65. The van der Waals surface area contributed by atoms with Gasteiger partial charge in [-0.25, -0.2) is 9.97 Å². The minimum Gasteiger partial charge on any atom is -0.455 e. The molecule has 0 fully saturated rings. The van der Waals surface area contributed by atoms with E-state index in [0.717, 1.165) is 95.0 Å². The molecule has 0 aliphatic heterocycles. The van der Waals surface area contributed by atoms with Crippen molar-refractivity contribution < 1.29 is 4.42 Å². The highest BCUT2D eigenvalue weighted by molar-refractivity contribution is 6.24. The van der Waals surface area contributed by atoms with Gasteiger partial charge >= 0.3 is 0 Å². The number of para-hydroxylation sites is 4. The molecule has 9 aromatic rings. The Balaban J connectivity index is 1.18. The maximum Gasteiger partial charge on any atom is 0.144 e. The highest BCUT2D eigenvalue weighted by atomic mass is 16.3. The minimum absolute atomic E-state index is 0.862. The van der Waals surface area contributed by atoms with Crippen molar-refractivity contribution in [3.63, 3.8) is 0 Å². The van der Waals surface area contributed by atoms with Gasteiger partial charge in [0.1, 0.15) is 17.0 Å². The minimum atomic E-state index is 0.862. The maximum atomic E-state index is 6.49. The van der Waals surface area contributed by atoms with E-state index in [1.807, 2.05) is 24.3 Å². The first-order chi connectivity index (χ1) is 21.8. The van der Waals surface area contributed by atoms with Crippen LogP contribution in [0, 0.1) is 0 Å². The lowest BCUT2D eigenvalue weighted by atomic mass is 9.96.